The van der Waals surface area contributed by atoms with Crippen molar-refractivity contribution < 1.29 is 23.1 Å². The molecule has 9 heteroatoms. The van der Waals surface area contributed by atoms with Crippen LogP contribution in [-0.4, -0.2) is 56.6 Å². The summed E-state index contributed by atoms with van der Waals surface area (Å²) in [5, 5.41) is 12.7. The van der Waals surface area contributed by atoms with Crippen LogP contribution in [-0.2, 0) is 27.7 Å². The quantitative estimate of drug-likeness (QED) is 0.828. The highest BCUT2D eigenvalue weighted by atomic mass is 32.2. The summed E-state index contributed by atoms with van der Waals surface area (Å²) in [6.07, 6.45) is 1.94. The van der Waals surface area contributed by atoms with Gasteiger partial charge in [0.05, 0.1) is 11.7 Å². The van der Waals surface area contributed by atoms with Crippen molar-refractivity contribution in [2.24, 2.45) is 0 Å². The topological polar surface area (TPSA) is 95.9 Å². The molecule has 1 atom stereocenters. The molecule has 0 amide bonds. The van der Waals surface area contributed by atoms with Gasteiger partial charge < -0.3 is 15.2 Å². The Morgan fingerprint density at radius 1 is 1.48 bits per heavy atom. The number of ether oxygens (including phenoxy) is 1. The molecule has 0 bridgehead atoms. The van der Waals surface area contributed by atoms with E-state index < -0.39 is 16.0 Å². The number of sulfonamides is 1. The summed E-state index contributed by atoms with van der Waals surface area (Å²) in [5.74, 6) is -1.16. The zero-order valence-electron chi connectivity index (χ0n) is 12.9. The Kier molecular flexibility index (Phi) is 4.75. The first kappa shape index (κ1) is 16.8. The maximum absolute atomic E-state index is 13.0. The molecule has 0 saturated carbocycles. The number of hydrogen-bond donors (Lipinski definition) is 2. The number of carboxylic acids is 1. The Labute approximate surface area is 139 Å². The molecule has 7 nitrogen and oxygen atoms in total. The number of rotatable bonds is 4. The Hall–Kier alpha value is -1.00. The fourth-order valence-electron chi connectivity index (χ4n) is 3.14. The van der Waals surface area contributed by atoms with Gasteiger partial charge in [-0.05, 0) is 31.4 Å². The monoisotopic (exact) mass is 360 g/mol. The summed E-state index contributed by atoms with van der Waals surface area (Å²) in [5.41, 5.74) is 0.631. The lowest BCUT2D eigenvalue weighted by Crippen LogP contribution is -2.42. The van der Waals surface area contributed by atoms with Crippen LogP contribution in [0.15, 0.2) is 4.21 Å². The van der Waals surface area contributed by atoms with Crippen molar-refractivity contribution in [3.63, 3.8) is 0 Å². The van der Waals surface area contributed by atoms with Crippen LogP contribution in [0.4, 0.5) is 0 Å². The number of thiophene rings is 1. The third-order valence-corrected chi connectivity index (χ3v) is 7.95. The van der Waals surface area contributed by atoms with Gasteiger partial charge in [-0.2, -0.15) is 4.31 Å². The van der Waals surface area contributed by atoms with E-state index in [0.29, 0.717) is 38.0 Å². The number of nitrogens with one attached hydrogen (secondary N) is 1. The number of carbonyl (C=O) groups is 1. The molecule has 2 aliphatic rings. The summed E-state index contributed by atoms with van der Waals surface area (Å²) < 4.78 is 32.6. The standard InChI is InChI=1S/C14H20N2O5S2/c1-21-9-3-2-6-16(8-9)23(19,20)14-12(13(17)18)10-4-5-15-7-11(10)22-14/h9,15H,2-8H2,1H3,(H,17,18)/t9-/m1/s1. The van der Waals surface area contributed by atoms with E-state index >= 15 is 0 Å². The molecule has 0 unspecified atom stereocenters. The highest BCUT2D eigenvalue weighted by Gasteiger charge is 2.37. The van der Waals surface area contributed by atoms with Crippen molar-refractivity contribution >= 4 is 27.3 Å². The highest BCUT2D eigenvalue weighted by Crippen LogP contribution is 2.36. The fourth-order valence-corrected chi connectivity index (χ4v) is 6.65. The van der Waals surface area contributed by atoms with E-state index in [9.17, 15) is 18.3 Å². The second kappa shape index (κ2) is 6.48. The van der Waals surface area contributed by atoms with Gasteiger partial charge in [-0.3, -0.25) is 0 Å². The van der Waals surface area contributed by atoms with Crippen molar-refractivity contribution in [3.05, 3.63) is 16.0 Å². The fraction of sp³-hybridized carbons (Fsp3) is 0.643. The van der Waals surface area contributed by atoms with E-state index in [4.69, 9.17) is 4.74 Å². The van der Waals surface area contributed by atoms with Gasteiger partial charge in [0, 0.05) is 31.6 Å². The molecule has 2 aliphatic heterocycles. The van der Waals surface area contributed by atoms with Gasteiger partial charge in [-0.15, -0.1) is 11.3 Å². The highest BCUT2D eigenvalue weighted by molar-refractivity contribution is 7.91. The van der Waals surface area contributed by atoms with Gasteiger partial charge in [0.2, 0.25) is 0 Å². The predicted octanol–water partition coefficient (Wildman–Crippen LogP) is 0.892. The van der Waals surface area contributed by atoms with Crippen LogP contribution in [0, 0.1) is 0 Å². The van der Waals surface area contributed by atoms with Crippen molar-refractivity contribution in [1.29, 1.82) is 0 Å². The third kappa shape index (κ3) is 3.03. The molecule has 128 valence electrons. The first-order chi connectivity index (χ1) is 10.9. The zero-order valence-corrected chi connectivity index (χ0v) is 14.5. The summed E-state index contributed by atoms with van der Waals surface area (Å²) in [7, 11) is -2.24. The van der Waals surface area contributed by atoms with Crippen LogP contribution >= 0.6 is 11.3 Å². The Balaban J connectivity index is 2.03. The van der Waals surface area contributed by atoms with Crippen LogP contribution in [0.1, 0.15) is 33.6 Å². The van der Waals surface area contributed by atoms with Gasteiger partial charge in [0.25, 0.3) is 10.0 Å². The van der Waals surface area contributed by atoms with E-state index in [1.807, 2.05) is 0 Å². The molecule has 0 spiro atoms. The van der Waals surface area contributed by atoms with Crippen LogP contribution in [0.5, 0.6) is 0 Å². The molecule has 1 fully saturated rings. The molecule has 0 radical (unpaired) electrons. The first-order valence-corrected chi connectivity index (χ1v) is 9.82. The molecular formula is C14H20N2O5S2. The van der Waals surface area contributed by atoms with E-state index in [-0.39, 0.29) is 22.4 Å². The van der Waals surface area contributed by atoms with Crippen molar-refractivity contribution in [2.75, 3.05) is 26.7 Å². The normalized spacial score (nSPS) is 22.7. The molecule has 0 aromatic carbocycles. The molecule has 3 heterocycles. The van der Waals surface area contributed by atoms with Gasteiger partial charge in [-0.25, -0.2) is 13.2 Å². The SMILES string of the molecule is CO[C@@H]1CCCN(S(=O)(=O)c2sc3c(c2C(=O)O)CCNC3)C1. The molecule has 2 N–H and O–H groups in total. The molecule has 23 heavy (non-hydrogen) atoms. The second-order valence-electron chi connectivity index (χ2n) is 5.76. The lowest BCUT2D eigenvalue weighted by molar-refractivity contribution is 0.0571. The largest absolute Gasteiger partial charge is 0.478 e. The Bertz CT molecular complexity index is 713. The minimum atomic E-state index is -3.81. The molecule has 1 saturated heterocycles. The zero-order chi connectivity index (χ0) is 16.6. The lowest BCUT2D eigenvalue weighted by Gasteiger charge is -2.30. The van der Waals surface area contributed by atoms with Gasteiger partial charge in [-0.1, -0.05) is 0 Å². The number of nitrogens with zero attached hydrogens (tertiary/aromatic N) is 1. The van der Waals surface area contributed by atoms with Crippen LogP contribution in [0.3, 0.4) is 0 Å². The van der Waals surface area contributed by atoms with Gasteiger partial charge in [0.1, 0.15) is 4.21 Å². The minimum absolute atomic E-state index is 0.0320. The van der Waals surface area contributed by atoms with Gasteiger partial charge >= 0.3 is 5.97 Å². The van der Waals surface area contributed by atoms with E-state index in [0.717, 1.165) is 22.6 Å². The summed E-state index contributed by atoms with van der Waals surface area (Å²) in [6, 6.07) is 0. The van der Waals surface area contributed by atoms with Crippen molar-refractivity contribution in [2.45, 2.75) is 36.1 Å². The molecule has 0 aliphatic carbocycles. The number of carboxylic acid groups (broad SMARTS) is 1. The number of methoxy groups -OCH3 is 1. The summed E-state index contributed by atoms with van der Waals surface area (Å²) in [6.45, 7) is 1.87. The van der Waals surface area contributed by atoms with Crippen molar-refractivity contribution in [3.8, 4) is 0 Å². The number of hydrogen-bond acceptors (Lipinski definition) is 6. The van der Waals surface area contributed by atoms with Crippen LogP contribution in [0.2, 0.25) is 0 Å². The Morgan fingerprint density at radius 2 is 2.26 bits per heavy atom. The second-order valence-corrected chi connectivity index (χ2v) is 9.00. The maximum atomic E-state index is 13.0. The molecule has 3 rings (SSSR count). The Morgan fingerprint density at radius 3 is 2.96 bits per heavy atom. The average Bonchev–Trinajstić information content (AvgIpc) is 2.95. The molecule has 1 aromatic rings. The maximum Gasteiger partial charge on any atom is 0.338 e. The van der Waals surface area contributed by atoms with Gasteiger partial charge in [0.15, 0.2) is 0 Å². The molecule has 1 aromatic heterocycles. The summed E-state index contributed by atoms with van der Waals surface area (Å²) in [4.78, 5) is 12.5. The third-order valence-electron chi connectivity index (χ3n) is 4.36. The molecular weight excluding hydrogens is 340 g/mol. The van der Waals surface area contributed by atoms with Crippen LogP contribution in [0.25, 0.3) is 0 Å². The average molecular weight is 360 g/mol. The number of fused-ring (bicyclic) bond motifs is 1. The minimum Gasteiger partial charge on any atom is -0.478 e. The lowest BCUT2D eigenvalue weighted by atomic mass is 10.1. The van der Waals surface area contributed by atoms with E-state index in [1.54, 1.807) is 7.11 Å². The van der Waals surface area contributed by atoms with E-state index in [2.05, 4.69) is 5.32 Å². The number of aromatic carboxylic acids is 1. The first-order valence-electron chi connectivity index (χ1n) is 7.56. The number of piperidine rings is 1. The summed E-state index contributed by atoms with van der Waals surface area (Å²) >= 11 is 1.09. The van der Waals surface area contributed by atoms with E-state index in [1.165, 1.54) is 4.31 Å². The van der Waals surface area contributed by atoms with Crippen LogP contribution < -0.4 is 5.32 Å². The predicted molar refractivity (Wildman–Crippen MR) is 85.5 cm³/mol. The smallest absolute Gasteiger partial charge is 0.338 e. The van der Waals surface area contributed by atoms with Crippen molar-refractivity contribution in [1.82, 2.24) is 9.62 Å².